The van der Waals surface area contributed by atoms with Crippen molar-refractivity contribution in [2.75, 3.05) is 31.5 Å². The fraction of sp³-hybridized carbons (Fsp3) is 0.333. The number of sulfonamides is 1. The first-order valence-electron chi connectivity index (χ1n) is 13.2. The van der Waals surface area contributed by atoms with E-state index in [1.807, 2.05) is 54.6 Å². The van der Waals surface area contributed by atoms with Crippen LogP contribution in [-0.4, -0.2) is 53.8 Å². The van der Waals surface area contributed by atoms with E-state index >= 15 is 0 Å². The Bertz CT molecular complexity index is 1530. The molecule has 1 fully saturated rings. The maximum Gasteiger partial charge on any atom is 0.243 e. The molecular formula is C30H35N5O2S. The monoisotopic (exact) mass is 529 g/mol. The largest absolute Gasteiger partial charge is 0.339 e. The van der Waals surface area contributed by atoms with Crippen LogP contribution in [-0.2, 0) is 10.0 Å². The minimum absolute atomic E-state index is 0.0628. The van der Waals surface area contributed by atoms with Crippen LogP contribution in [0.25, 0.3) is 10.9 Å². The van der Waals surface area contributed by atoms with Gasteiger partial charge in [-0.3, -0.25) is 4.90 Å². The topological polar surface area (TPSA) is 78.4 Å². The third-order valence-electron chi connectivity index (χ3n) is 7.40. The Kier molecular flexibility index (Phi) is 7.47. The highest BCUT2D eigenvalue weighted by Gasteiger charge is 2.31. The number of nitrogens with zero attached hydrogens (tertiary/aromatic N) is 4. The van der Waals surface area contributed by atoms with E-state index in [4.69, 9.17) is 9.97 Å². The van der Waals surface area contributed by atoms with Gasteiger partial charge in [-0.05, 0) is 61.2 Å². The summed E-state index contributed by atoms with van der Waals surface area (Å²) in [5.41, 5.74) is 4.16. The second-order valence-electron chi connectivity index (χ2n) is 10.2. The maximum atomic E-state index is 13.3. The summed E-state index contributed by atoms with van der Waals surface area (Å²) in [6, 6.07) is 23.4. The van der Waals surface area contributed by atoms with E-state index in [9.17, 15) is 8.42 Å². The molecule has 0 amide bonds. The summed E-state index contributed by atoms with van der Waals surface area (Å²) in [7, 11) is -3.53. The predicted octanol–water partition coefficient (Wildman–Crippen LogP) is 5.87. The highest BCUT2D eigenvalue weighted by Crippen LogP contribution is 2.29. The number of benzene rings is 3. The number of hydrogen-bond donors (Lipinski definition) is 1. The van der Waals surface area contributed by atoms with Crippen molar-refractivity contribution in [3.05, 3.63) is 89.7 Å². The first kappa shape index (κ1) is 26.3. The van der Waals surface area contributed by atoms with Crippen molar-refractivity contribution in [3.63, 3.8) is 0 Å². The maximum absolute atomic E-state index is 13.3. The molecule has 0 aliphatic carbocycles. The Morgan fingerprint density at radius 2 is 1.47 bits per heavy atom. The van der Waals surface area contributed by atoms with E-state index in [-0.39, 0.29) is 6.04 Å². The van der Waals surface area contributed by atoms with Gasteiger partial charge in [0.2, 0.25) is 10.0 Å². The zero-order valence-corrected chi connectivity index (χ0v) is 23.2. The van der Waals surface area contributed by atoms with Crippen LogP contribution in [0.5, 0.6) is 0 Å². The van der Waals surface area contributed by atoms with Crippen molar-refractivity contribution in [1.29, 1.82) is 0 Å². The number of anilines is 2. The van der Waals surface area contributed by atoms with Crippen molar-refractivity contribution in [1.82, 2.24) is 19.2 Å². The van der Waals surface area contributed by atoms with Crippen molar-refractivity contribution in [3.8, 4) is 0 Å². The highest BCUT2D eigenvalue weighted by atomic mass is 32.2. The first-order chi connectivity index (χ1) is 18.2. The average Bonchev–Trinajstić information content (AvgIpc) is 2.94. The third kappa shape index (κ3) is 5.29. The second kappa shape index (κ2) is 10.8. The Labute approximate surface area is 225 Å². The van der Waals surface area contributed by atoms with E-state index in [1.165, 1.54) is 0 Å². The zero-order chi connectivity index (χ0) is 26.9. The lowest BCUT2D eigenvalue weighted by molar-refractivity contribution is 0.141. The number of aromatic nitrogens is 2. The predicted molar refractivity (Wildman–Crippen MR) is 153 cm³/mol. The fourth-order valence-corrected chi connectivity index (χ4v) is 6.31. The van der Waals surface area contributed by atoms with E-state index in [0.29, 0.717) is 37.0 Å². The van der Waals surface area contributed by atoms with E-state index in [0.717, 1.165) is 39.4 Å². The van der Waals surface area contributed by atoms with Gasteiger partial charge in [0.15, 0.2) is 0 Å². The number of nitrogens with one attached hydrogen (secondary N) is 1. The van der Waals surface area contributed by atoms with Crippen molar-refractivity contribution in [2.24, 2.45) is 0 Å². The summed E-state index contributed by atoms with van der Waals surface area (Å²) < 4.78 is 28.2. The van der Waals surface area contributed by atoms with Gasteiger partial charge in [-0.15, -0.1) is 0 Å². The first-order valence-corrected chi connectivity index (χ1v) is 14.6. The standard InChI is InChI=1S/C30H35N5O2S/c1-21(2)24-13-15-25(16-14-24)38(36,37)35-19-17-34(18-20-35)23(4)29-32-28-12-8-6-10-26(28)30(33-29)31-27-11-7-5-9-22(27)3/h5-16,21,23H,17-20H2,1-4H3,(H,31,32,33)/t23-/m0/s1. The smallest absolute Gasteiger partial charge is 0.243 e. The Morgan fingerprint density at radius 3 is 2.16 bits per heavy atom. The molecule has 2 heterocycles. The van der Waals surface area contributed by atoms with Crippen LogP contribution in [0.4, 0.5) is 11.5 Å². The number of hydrogen-bond acceptors (Lipinski definition) is 6. The van der Waals surface area contributed by atoms with E-state index in [2.05, 4.69) is 44.0 Å². The second-order valence-corrected chi connectivity index (χ2v) is 12.2. The quantitative estimate of drug-likeness (QED) is 0.322. The van der Waals surface area contributed by atoms with Crippen LogP contribution in [0.3, 0.4) is 0 Å². The van der Waals surface area contributed by atoms with Gasteiger partial charge in [0.05, 0.1) is 16.5 Å². The lowest BCUT2D eigenvalue weighted by Gasteiger charge is -2.37. The molecule has 4 aromatic rings. The van der Waals surface area contributed by atoms with Gasteiger partial charge >= 0.3 is 0 Å². The number of para-hydroxylation sites is 2. The molecule has 1 saturated heterocycles. The molecule has 198 valence electrons. The van der Waals surface area contributed by atoms with Crippen LogP contribution in [0.15, 0.2) is 77.7 Å². The Hall–Kier alpha value is -3.33. The number of fused-ring (bicyclic) bond motifs is 1. The molecule has 0 bridgehead atoms. The third-order valence-corrected chi connectivity index (χ3v) is 9.31. The number of aryl methyl sites for hydroxylation is 1. The van der Waals surface area contributed by atoms with Gasteiger partial charge in [0, 0.05) is 37.3 Å². The van der Waals surface area contributed by atoms with Crippen LogP contribution < -0.4 is 5.32 Å². The number of piperazine rings is 1. The molecule has 0 saturated carbocycles. The normalized spacial score (nSPS) is 16.1. The van der Waals surface area contributed by atoms with Crippen LogP contribution >= 0.6 is 0 Å². The molecule has 1 atom stereocenters. The molecule has 1 aromatic heterocycles. The summed E-state index contributed by atoms with van der Waals surface area (Å²) in [4.78, 5) is 12.5. The molecule has 0 spiro atoms. The van der Waals surface area contributed by atoms with E-state index in [1.54, 1.807) is 16.4 Å². The minimum atomic E-state index is -3.53. The summed E-state index contributed by atoms with van der Waals surface area (Å²) in [6.45, 7) is 10.5. The average molecular weight is 530 g/mol. The minimum Gasteiger partial charge on any atom is -0.339 e. The molecule has 8 heteroatoms. The molecule has 1 N–H and O–H groups in total. The highest BCUT2D eigenvalue weighted by molar-refractivity contribution is 7.89. The molecule has 7 nitrogen and oxygen atoms in total. The molecule has 5 rings (SSSR count). The molecule has 0 radical (unpaired) electrons. The zero-order valence-electron chi connectivity index (χ0n) is 22.4. The summed E-state index contributed by atoms with van der Waals surface area (Å²) in [6.07, 6.45) is 0. The van der Waals surface area contributed by atoms with Gasteiger partial charge in [-0.2, -0.15) is 4.31 Å². The Balaban J connectivity index is 1.34. The van der Waals surface area contributed by atoms with E-state index < -0.39 is 10.0 Å². The van der Waals surface area contributed by atoms with Gasteiger partial charge < -0.3 is 5.32 Å². The van der Waals surface area contributed by atoms with Crippen molar-refractivity contribution >= 4 is 32.4 Å². The summed E-state index contributed by atoms with van der Waals surface area (Å²) in [5.74, 6) is 1.86. The van der Waals surface area contributed by atoms with Crippen LogP contribution in [0.2, 0.25) is 0 Å². The van der Waals surface area contributed by atoms with Crippen molar-refractivity contribution < 1.29 is 8.42 Å². The van der Waals surface area contributed by atoms with Crippen molar-refractivity contribution in [2.45, 2.75) is 44.6 Å². The van der Waals surface area contributed by atoms with Gasteiger partial charge in [-0.1, -0.05) is 56.3 Å². The van der Waals surface area contributed by atoms with Gasteiger partial charge in [0.25, 0.3) is 0 Å². The molecule has 0 unspecified atom stereocenters. The van der Waals surface area contributed by atoms with Crippen LogP contribution in [0, 0.1) is 6.92 Å². The molecule has 1 aliphatic heterocycles. The molecule has 1 aliphatic rings. The summed E-state index contributed by atoms with van der Waals surface area (Å²) in [5, 5.41) is 4.48. The molecule has 3 aromatic carbocycles. The van der Waals surface area contributed by atoms with Crippen LogP contribution in [0.1, 0.15) is 49.7 Å². The van der Waals surface area contributed by atoms with Gasteiger partial charge in [0.1, 0.15) is 11.6 Å². The lowest BCUT2D eigenvalue weighted by atomic mass is 10.0. The fourth-order valence-electron chi connectivity index (χ4n) is 4.89. The molecule has 38 heavy (non-hydrogen) atoms. The molecular weight excluding hydrogens is 494 g/mol. The SMILES string of the molecule is Cc1ccccc1Nc1nc([C@H](C)N2CCN(S(=O)(=O)c3ccc(C(C)C)cc3)CC2)nc2ccccc12. The lowest BCUT2D eigenvalue weighted by Crippen LogP contribution is -2.49. The Morgan fingerprint density at radius 1 is 0.816 bits per heavy atom. The number of rotatable bonds is 7. The summed E-state index contributed by atoms with van der Waals surface area (Å²) >= 11 is 0. The van der Waals surface area contributed by atoms with Gasteiger partial charge in [-0.25, -0.2) is 18.4 Å².